The van der Waals surface area contributed by atoms with Gasteiger partial charge in [-0.1, -0.05) is 0 Å². The van der Waals surface area contributed by atoms with Crippen LogP contribution in [0.1, 0.15) is 79.8 Å². The van der Waals surface area contributed by atoms with Crippen molar-refractivity contribution in [1.82, 2.24) is 9.55 Å². The number of aromatic nitrogens is 2. The smallest absolute Gasteiger partial charge is 0.337 e. The maximum atomic E-state index is 15.5. The van der Waals surface area contributed by atoms with Crippen molar-refractivity contribution in [3.63, 3.8) is 0 Å². The van der Waals surface area contributed by atoms with E-state index in [2.05, 4.69) is 18.4 Å². The van der Waals surface area contributed by atoms with Crippen molar-refractivity contribution in [2.45, 2.75) is 92.4 Å². The number of halogens is 1. The zero-order valence-electron chi connectivity index (χ0n) is 22.9. The fourth-order valence-corrected chi connectivity index (χ4v) is 5.68. The number of carboxylic acids is 1. The third-order valence-corrected chi connectivity index (χ3v) is 7.79. The number of rotatable bonds is 6. The van der Waals surface area contributed by atoms with Gasteiger partial charge in [-0.25, -0.2) is 14.2 Å². The predicted octanol–water partition coefficient (Wildman–Crippen LogP) is 6.75. The molecule has 0 bridgehead atoms. The lowest BCUT2D eigenvalue weighted by Gasteiger charge is -2.29. The minimum Gasteiger partial charge on any atom is -0.490 e. The molecule has 1 atom stereocenters. The molecular weight excluding hydrogens is 471 g/mol. The summed E-state index contributed by atoms with van der Waals surface area (Å²) in [6.07, 6.45) is 2.69. The molecule has 7 heteroatoms. The quantitative estimate of drug-likeness (QED) is 0.399. The lowest BCUT2D eigenvalue weighted by atomic mass is 9.86. The van der Waals surface area contributed by atoms with E-state index in [0.29, 0.717) is 40.7 Å². The van der Waals surface area contributed by atoms with Crippen LogP contribution in [0.3, 0.4) is 0 Å². The van der Waals surface area contributed by atoms with E-state index in [9.17, 15) is 9.90 Å². The molecule has 5 rings (SSSR count). The van der Waals surface area contributed by atoms with Gasteiger partial charge in [0.1, 0.15) is 5.65 Å². The van der Waals surface area contributed by atoms with Crippen molar-refractivity contribution in [2.24, 2.45) is 5.92 Å². The first kappa shape index (κ1) is 25.7. The average molecular weight is 509 g/mol. The molecule has 198 valence electrons. The molecule has 2 aromatic heterocycles. The van der Waals surface area contributed by atoms with Gasteiger partial charge in [-0.2, -0.15) is 0 Å². The highest BCUT2D eigenvalue weighted by Crippen LogP contribution is 2.46. The van der Waals surface area contributed by atoms with E-state index in [1.165, 1.54) is 18.9 Å². The van der Waals surface area contributed by atoms with E-state index < -0.39 is 23.5 Å². The summed E-state index contributed by atoms with van der Waals surface area (Å²) in [6, 6.07) is 1.51. The summed E-state index contributed by atoms with van der Waals surface area (Å²) in [5.41, 5.74) is 6.48. The minimum absolute atomic E-state index is 0.316. The Morgan fingerprint density at radius 1 is 1.24 bits per heavy atom. The Morgan fingerprint density at radius 3 is 2.57 bits per heavy atom. The van der Waals surface area contributed by atoms with Gasteiger partial charge < -0.3 is 19.1 Å². The number of aryl methyl sites for hydroxylation is 2. The molecule has 1 unspecified atom stereocenters. The standard InChI is InChI=1S/C30H37FN2O4/c1-15-18(4)33(14-19-10-11-19)28-23(15)25(21-13-22(31)26-20(16(21)2)9-8-12-36-26)24(17(3)32-28)27(29(34)35)37-30(5,6)7/h13,19,27H,8-12,14H2,1-7H3,(H,34,35). The third kappa shape index (κ3) is 4.52. The number of fused-ring (bicyclic) bond motifs is 2. The fourth-order valence-electron chi connectivity index (χ4n) is 5.68. The van der Waals surface area contributed by atoms with Gasteiger partial charge in [0.15, 0.2) is 17.7 Å². The molecule has 1 N–H and O–H groups in total. The Balaban J connectivity index is 1.90. The van der Waals surface area contributed by atoms with Crippen LogP contribution in [-0.4, -0.2) is 32.8 Å². The molecule has 3 heterocycles. The highest BCUT2D eigenvalue weighted by Gasteiger charge is 2.35. The van der Waals surface area contributed by atoms with E-state index in [0.717, 1.165) is 52.8 Å². The van der Waals surface area contributed by atoms with Crippen LogP contribution < -0.4 is 4.74 Å². The summed E-state index contributed by atoms with van der Waals surface area (Å²) >= 11 is 0. The van der Waals surface area contributed by atoms with Crippen LogP contribution in [0.15, 0.2) is 6.07 Å². The fraction of sp³-hybridized carbons (Fsp3) is 0.533. The normalized spacial score (nSPS) is 16.5. The van der Waals surface area contributed by atoms with Gasteiger partial charge in [-0.3, -0.25) is 0 Å². The molecule has 6 nitrogen and oxygen atoms in total. The number of carboxylic acid groups (broad SMARTS) is 1. The number of aliphatic carboxylic acids is 1. The van der Waals surface area contributed by atoms with Crippen LogP contribution in [0.25, 0.3) is 22.2 Å². The number of benzene rings is 1. The number of ether oxygens (including phenoxy) is 2. The molecule has 0 amide bonds. The highest BCUT2D eigenvalue weighted by atomic mass is 19.1. The van der Waals surface area contributed by atoms with Crippen LogP contribution >= 0.6 is 0 Å². The first-order valence-electron chi connectivity index (χ1n) is 13.2. The van der Waals surface area contributed by atoms with Gasteiger partial charge >= 0.3 is 5.97 Å². The maximum Gasteiger partial charge on any atom is 0.337 e. The summed E-state index contributed by atoms with van der Waals surface area (Å²) in [6.45, 7) is 14.9. The topological polar surface area (TPSA) is 73.6 Å². The Morgan fingerprint density at radius 2 is 1.95 bits per heavy atom. The average Bonchev–Trinajstić information content (AvgIpc) is 3.62. The molecule has 37 heavy (non-hydrogen) atoms. The maximum absolute atomic E-state index is 15.5. The minimum atomic E-state index is -1.26. The van der Waals surface area contributed by atoms with E-state index >= 15 is 4.39 Å². The zero-order chi connectivity index (χ0) is 26.8. The first-order chi connectivity index (χ1) is 17.4. The summed E-state index contributed by atoms with van der Waals surface area (Å²) < 4.78 is 29.6. The second-order valence-electron chi connectivity index (χ2n) is 11.7. The van der Waals surface area contributed by atoms with Crippen molar-refractivity contribution in [3.05, 3.63) is 45.5 Å². The lowest BCUT2D eigenvalue weighted by Crippen LogP contribution is -2.28. The molecule has 0 spiro atoms. The molecule has 1 aliphatic carbocycles. The van der Waals surface area contributed by atoms with Crippen molar-refractivity contribution >= 4 is 17.0 Å². The Bertz CT molecular complexity index is 1410. The molecule has 1 fully saturated rings. The lowest BCUT2D eigenvalue weighted by molar-refractivity contribution is -0.160. The van der Waals surface area contributed by atoms with Gasteiger partial charge in [0, 0.05) is 40.0 Å². The molecular formula is C30H37FN2O4. The van der Waals surface area contributed by atoms with Gasteiger partial charge in [0.2, 0.25) is 0 Å². The monoisotopic (exact) mass is 508 g/mol. The highest BCUT2D eigenvalue weighted by molar-refractivity contribution is 6.01. The Hall–Kier alpha value is -2.93. The van der Waals surface area contributed by atoms with Crippen molar-refractivity contribution in [3.8, 4) is 16.9 Å². The molecule has 2 aliphatic rings. The van der Waals surface area contributed by atoms with Crippen molar-refractivity contribution < 1.29 is 23.8 Å². The summed E-state index contributed by atoms with van der Waals surface area (Å²) in [5, 5.41) is 11.3. The van der Waals surface area contributed by atoms with E-state index in [-0.39, 0.29) is 0 Å². The number of hydrogen-bond acceptors (Lipinski definition) is 4. The summed E-state index contributed by atoms with van der Waals surface area (Å²) in [5.74, 6) is -0.558. The van der Waals surface area contributed by atoms with Crippen LogP contribution in [0, 0.1) is 39.4 Å². The molecule has 1 aliphatic heterocycles. The summed E-state index contributed by atoms with van der Waals surface area (Å²) in [7, 11) is 0. The van der Waals surface area contributed by atoms with E-state index in [1.54, 1.807) is 0 Å². The Labute approximate surface area is 217 Å². The molecule has 0 saturated heterocycles. The molecule has 1 aromatic carbocycles. The first-order valence-corrected chi connectivity index (χ1v) is 13.2. The third-order valence-electron chi connectivity index (χ3n) is 7.79. The molecule has 1 saturated carbocycles. The van der Waals surface area contributed by atoms with E-state index in [4.69, 9.17) is 14.5 Å². The van der Waals surface area contributed by atoms with Crippen molar-refractivity contribution in [1.29, 1.82) is 0 Å². The zero-order valence-corrected chi connectivity index (χ0v) is 22.9. The van der Waals surface area contributed by atoms with Gasteiger partial charge in [0.05, 0.1) is 12.2 Å². The second-order valence-corrected chi connectivity index (χ2v) is 11.7. The van der Waals surface area contributed by atoms with Crippen LogP contribution in [0.2, 0.25) is 0 Å². The largest absolute Gasteiger partial charge is 0.490 e. The second kappa shape index (κ2) is 9.12. The Kier molecular flexibility index (Phi) is 6.34. The van der Waals surface area contributed by atoms with E-state index in [1.807, 2.05) is 34.6 Å². The number of hydrogen-bond donors (Lipinski definition) is 1. The number of pyridine rings is 1. The van der Waals surface area contributed by atoms with Gasteiger partial charge in [-0.15, -0.1) is 0 Å². The van der Waals surface area contributed by atoms with Crippen molar-refractivity contribution in [2.75, 3.05) is 6.61 Å². The van der Waals surface area contributed by atoms with Crippen LogP contribution in [0.4, 0.5) is 4.39 Å². The summed E-state index contributed by atoms with van der Waals surface area (Å²) in [4.78, 5) is 17.7. The van der Waals surface area contributed by atoms with Gasteiger partial charge in [0.25, 0.3) is 0 Å². The SMILES string of the molecule is Cc1nc2c(c(C)c(C)n2CC2CC2)c(-c2cc(F)c3c(c2C)CCCO3)c1C(OC(C)(C)C)C(=O)O. The van der Waals surface area contributed by atoms with Gasteiger partial charge in [-0.05, 0) is 103 Å². The number of nitrogens with zero attached hydrogens (tertiary/aromatic N) is 2. The predicted molar refractivity (Wildman–Crippen MR) is 142 cm³/mol. The molecule has 3 aromatic rings. The van der Waals surface area contributed by atoms with Crippen LogP contribution in [-0.2, 0) is 22.5 Å². The van der Waals surface area contributed by atoms with Crippen LogP contribution in [0.5, 0.6) is 5.75 Å². The number of carbonyl (C=O) groups is 1. The molecule has 0 radical (unpaired) electrons.